The van der Waals surface area contributed by atoms with Crippen molar-refractivity contribution in [1.29, 1.82) is 0 Å². The number of phenolic OH excluding ortho intramolecular Hbond substituents is 1. The highest BCUT2D eigenvalue weighted by molar-refractivity contribution is 6.15. The van der Waals surface area contributed by atoms with Crippen molar-refractivity contribution < 1.29 is 14.6 Å². The highest BCUT2D eigenvalue weighted by Gasteiger charge is 2.33. The van der Waals surface area contributed by atoms with Crippen LogP contribution in [0.4, 0.5) is 5.69 Å². The first-order valence-electron chi connectivity index (χ1n) is 11.8. The zero-order valence-electron chi connectivity index (χ0n) is 20.1. The van der Waals surface area contributed by atoms with Crippen LogP contribution in [0, 0.1) is 6.92 Å². The molecule has 0 saturated heterocycles. The van der Waals surface area contributed by atoms with Crippen LogP contribution in [0.5, 0.6) is 11.5 Å². The molecular weight excluding hydrogens is 400 g/mol. The predicted molar refractivity (Wildman–Crippen MR) is 132 cm³/mol. The van der Waals surface area contributed by atoms with Crippen LogP contribution in [0.2, 0.25) is 0 Å². The molecule has 0 fully saturated rings. The second kappa shape index (κ2) is 10.7. The maximum absolute atomic E-state index is 13.2. The van der Waals surface area contributed by atoms with Crippen molar-refractivity contribution in [2.75, 3.05) is 31.1 Å². The third-order valence-corrected chi connectivity index (χ3v) is 6.00. The molecular formula is C27H36N2O3. The fourth-order valence-electron chi connectivity index (χ4n) is 4.38. The molecule has 5 heteroatoms. The molecule has 1 N–H and O–H groups in total. The van der Waals surface area contributed by atoms with Crippen LogP contribution in [-0.4, -0.2) is 42.0 Å². The third-order valence-electron chi connectivity index (χ3n) is 6.00. The fourth-order valence-corrected chi connectivity index (χ4v) is 4.38. The van der Waals surface area contributed by atoms with E-state index >= 15 is 0 Å². The Bertz CT molecular complexity index is 969. The van der Waals surface area contributed by atoms with Crippen molar-refractivity contribution in [3.05, 3.63) is 58.3 Å². The third kappa shape index (κ3) is 4.99. The molecule has 0 aliphatic carbocycles. The Labute approximate surface area is 192 Å². The van der Waals surface area contributed by atoms with Gasteiger partial charge in [-0.15, -0.1) is 0 Å². The number of carbonyl (C=O) groups excluding carboxylic acids is 1. The number of ketones is 1. The molecule has 0 bridgehead atoms. The maximum atomic E-state index is 13.2. The molecule has 0 saturated carbocycles. The van der Waals surface area contributed by atoms with Crippen molar-refractivity contribution in [1.82, 2.24) is 4.90 Å². The number of aryl methyl sites for hydroxylation is 1. The Morgan fingerprint density at radius 3 is 2.19 bits per heavy atom. The summed E-state index contributed by atoms with van der Waals surface area (Å²) in [6.45, 7) is 14.8. The van der Waals surface area contributed by atoms with Gasteiger partial charge in [0.2, 0.25) is 5.78 Å². The molecule has 2 aromatic carbocycles. The summed E-state index contributed by atoms with van der Waals surface area (Å²) >= 11 is 0. The van der Waals surface area contributed by atoms with Crippen molar-refractivity contribution in [2.45, 2.75) is 54.0 Å². The minimum atomic E-state index is -0.121. The molecule has 1 aliphatic rings. The summed E-state index contributed by atoms with van der Waals surface area (Å²) in [6.07, 6.45) is 3.86. The first-order valence-corrected chi connectivity index (χ1v) is 11.8. The van der Waals surface area contributed by atoms with Crippen LogP contribution < -0.4 is 9.64 Å². The Hall–Kier alpha value is -2.79. The Morgan fingerprint density at radius 1 is 1.00 bits per heavy atom. The Morgan fingerprint density at radius 2 is 1.62 bits per heavy atom. The summed E-state index contributed by atoms with van der Waals surface area (Å²) in [5, 5.41) is 10.7. The van der Waals surface area contributed by atoms with Crippen molar-refractivity contribution in [2.24, 2.45) is 0 Å². The molecule has 2 aromatic rings. The SMILES string of the molecule is CCCN(CCC)Cc1c(O)cc(C)c2c1O/C(=C/c1ccc(N(CC)CC)cc1)C2=O. The first-order chi connectivity index (χ1) is 15.4. The van der Waals surface area contributed by atoms with E-state index < -0.39 is 0 Å². The average Bonchev–Trinajstić information content (AvgIpc) is 3.09. The summed E-state index contributed by atoms with van der Waals surface area (Å²) in [4.78, 5) is 17.8. The lowest BCUT2D eigenvalue weighted by Gasteiger charge is -2.22. The van der Waals surface area contributed by atoms with Gasteiger partial charge in [-0.25, -0.2) is 0 Å². The van der Waals surface area contributed by atoms with E-state index in [4.69, 9.17) is 4.74 Å². The minimum absolute atomic E-state index is 0.121. The number of allylic oxidation sites excluding steroid dienone is 1. The molecule has 1 aliphatic heterocycles. The minimum Gasteiger partial charge on any atom is -0.507 e. The van der Waals surface area contributed by atoms with Gasteiger partial charge in [-0.3, -0.25) is 9.69 Å². The molecule has 0 amide bonds. The van der Waals surface area contributed by atoms with Crippen molar-refractivity contribution in [3.8, 4) is 11.5 Å². The number of benzene rings is 2. The molecule has 172 valence electrons. The summed E-state index contributed by atoms with van der Waals surface area (Å²) in [5.41, 5.74) is 4.08. The first kappa shape index (κ1) is 23.9. The lowest BCUT2D eigenvalue weighted by molar-refractivity contribution is 0.101. The lowest BCUT2D eigenvalue weighted by atomic mass is 9.99. The van der Waals surface area contributed by atoms with E-state index in [9.17, 15) is 9.90 Å². The van der Waals surface area contributed by atoms with E-state index in [0.29, 0.717) is 29.2 Å². The standard InChI is InChI=1S/C27H36N2O3/c1-6-14-28(15-7-2)18-22-23(30)16-19(5)25-26(31)24(32-27(22)25)17-20-10-12-21(13-11-20)29(8-3)9-4/h10-13,16-17,30H,6-9,14-15,18H2,1-5H3/b24-17+. The smallest absolute Gasteiger partial charge is 0.232 e. The number of hydrogen-bond donors (Lipinski definition) is 1. The van der Waals surface area contributed by atoms with Gasteiger partial charge in [-0.2, -0.15) is 0 Å². The number of fused-ring (bicyclic) bond motifs is 1. The van der Waals surface area contributed by atoms with E-state index in [-0.39, 0.29) is 11.5 Å². The predicted octanol–water partition coefficient (Wildman–Crippen LogP) is 5.79. The van der Waals surface area contributed by atoms with Crippen molar-refractivity contribution >= 4 is 17.5 Å². The van der Waals surface area contributed by atoms with Gasteiger partial charge < -0.3 is 14.7 Å². The number of nitrogens with zero attached hydrogens (tertiary/aromatic N) is 2. The lowest BCUT2D eigenvalue weighted by Crippen LogP contribution is -2.25. The van der Waals surface area contributed by atoms with Crippen LogP contribution in [0.15, 0.2) is 36.1 Å². The number of ether oxygens (including phenoxy) is 1. The van der Waals surface area contributed by atoms with Gasteiger partial charge in [-0.05, 0) is 82.1 Å². The molecule has 3 rings (SSSR count). The number of aromatic hydroxyl groups is 1. The van der Waals surface area contributed by atoms with Gasteiger partial charge in [0.1, 0.15) is 11.5 Å². The van der Waals surface area contributed by atoms with Crippen molar-refractivity contribution in [3.63, 3.8) is 0 Å². The van der Waals surface area contributed by atoms with Gasteiger partial charge in [0.05, 0.1) is 11.1 Å². The highest BCUT2D eigenvalue weighted by Crippen LogP contribution is 2.42. The summed E-state index contributed by atoms with van der Waals surface area (Å²) in [6, 6.07) is 9.85. The van der Waals surface area contributed by atoms with Gasteiger partial charge in [-0.1, -0.05) is 26.0 Å². The van der Waals surface area contributed by atoms with Crippen LogP contribution in [0.3, 0.4) is 0 Å². The molecule has 5 nitrogen and oxygen atoms in total. The molecule has 32 heavy (non-hydrogen) atoms. The van der Waals surface area contributed by atoms with E-state index in [2.05, 4.69) is 49.6 Å². The zero-order valence-corrected chi connectivity index (χ0v) is 20.1. The summed E-state index contributed by atoms with van der Waals surface area (Å²) < 4.78 is 6.11. The number of carbonyl (C=O) groups is 1. The molecule has 0 aromatic heterocycles. The topological polar surface area (TPSA) is 53.0 Å². The largest absolute Gasteiger partial charge is 0.507 e. The number of rotatable bonds is 10. The second-order valence-electron chi connectivity index (χ2n) is 8.38. The quantitative estimate of drug-likeness (QED) is 0.478. The number of phenols is 1. The monoisotopic (exact) mass is 436 g/mol. The van der Waals surface area contributed by atoms with Crippen LogP contribution in [-0.2, 0) is 6.54 Å². The number of anilines is 1. The Balaban J connectivity index is 1.92. The Kier molecular flexibility index (Phi) is 7.97. The van der Waals surface area contributed by atoms with Gasteiger partial charge >= 0.3 is 0 Å². The molecule has 1 heterocycles. The number of Topliss-reactive ketones (excluding diaryl/α,β-unsaturated/α-hetero) is 1. The van der Waals surface area contributed by atoms with Crippen LogP contribution >= 0.6 is 0 Å². The zero-order chi connectivity index (χ0) is 23.3. The van der Waals surface area contributed by atoms with Gasteiger partial charge in [0.15, 0.2) is 5.76 Å². The van der Waals surface area contributed by atoms with E-state index in [1.807, 2.05) is 19.1 Å². The van der Waals surface area contributed by atoms with E-state index in [1.165, 1.54) is 0 Å². The average molecular weight is 437 g/mol. The maximum Gasteiger partial charge on any atom is 0.232 e. The molecule has 0 unspecified atom stereocenters. The van der Waals surface area contributed by atoms with E-state index in [1.54, 1.807) is 12.1 Å². The van der Waals surface area contributed by atoms with Gasteiger partial charge in [0, 0.05) is 25.3 Å². The van der Waals surface area contributed by atoms with E-state index in [0.717, 1.165) is 55.8 Å². The molecule has 0 spiro atoms. The van der Waals surface area contributed by atoms with Crippen LogP contribution in [0.1, 0.15) is 67.6 Å². The fraction of sp³-hybridized carbons (Fsp3) is 0.444. The highest BCUT2D eigenvalue weighted by atomic mass is 16.5. The molecule has 0 atom stereocenters. The van der Waals surface area contributed by atoms with Gasteiger partial charge in [0.25, 0.3) is 0 Å². The number of hydrogen-bond acceptors (Lipinski definition) is 5. The summed E-state index contributed by atoms with van der Waals surface area (Å²) in [7, 11) is 0. The normalized spacial score (nSPS) is 14.2. The molecule has 0 radical (unpaired) electrons. The van der Waals surface area contributed by atoms with Crippen LogP contribution in [0.25, 0.3) is 6.08 Å². The second-order valence-corrected chi connectivity index (χ2v) is 8.38. The summed E-state index contributed by atoms with van der Waals surface area (Å²) in [5.74, 6) is 0.888.